The van der Waals surface area contributed by atoms with Crippen LogP contribution in [0, 0.1) is 5.41 Å². The van der Waals surface area contributed by atoms with Crippen LogP contribution in [-0.4, -0.2) is 31.8 Å². The minimum atomic E-state index is -0.840. The largest absolute Gasteiger partial charge is 0.481 e. The molecule has 0 aromatic carbocycles. The second kappa shape index (κ2) is 6.05. The maximum Gasteiger partial charge on any atom is 0.303 e. The lowest BCUT2D eigenvalue weighted by molar-refractivity contribution is -0.140. The van der Waals surface area contributed by atoms with E-state index in [0.29, 0.717) is 5.13 Å². The molecule has 1 saturated carbocycles. The summed E-state index contributed by atoms with van der Waals surface area (Å²) in [6.45, 7) is 0. The van der Waals surface area contributed by atoms with Gasteiger partial charge < -0.3 is 5.11 Å². The molecular weight excluding hydrogens is 268 g/mol. The summed E-state index contributed by atoms with van der Waals surface area (Å²) >= 11 is 1.01. The van der Waals surface area contributed by atoms with Crippen LogP contribution < -0.4 is 5.32 Å². The van der Waals surface area contributed by atoms with Gasteiger partial charge in [0.25, 0.3) is 0 Å². The van der Waals surface area contributed by atoms with E-state index in [-0.39, 0.29) is 18.7 Å². The molecule has 1 fully saturated rings. The number of nitrogens with zero attached hydrogens (tertiary/aromatic N) is 3. The quantitative estimate of drug-likeness (QED) is 0.852. The summed E-state index contributed by atoms with van der Waals surface area (Å²) in [5.41, 5.74) is -0.410. The Morgan fingerprint density at radius 3 is 2.58 bits per heavy atom. The molecule has 0 spiro atoms. The summed E-state index contributed by atoms with van der Waals surface area (Å²) in [5.74, 6) is -1.05. The van der Waals surface area contributed by atoms with Gasteiger partial charge in [0.1, 0.15) is 0 Å². The first-order chi connectivity index (χ1) is 9.10. The van der Waals surface area contributed by atoms with Crippen molar-refractivity contribution in [2.75, 3.05) is 5.32 Å². The number of hydrogen-bond acceptors (Lipinski definition) is 6. The van der Waals surface area contributed by atoms with E-state index < -0.39 is 11.4 Å². The van der Waals surface area contributed by atoms with E-state index in [1.54, 1.807) is 0 Å². The van der Waals surface area contributed by atoms with Crippen LogP contribution in [0.2, 0.25) is 0 Å². The Morgan fingerprint density at radius 2 is 2.00 bits per heavy atom. The number of aromatic nitrogens is 3. The van der Waals surface area contributed by atoms with Crippen molar-refractivity contribution in [3.63, 3.8) is 0 Å². The molecule has 0 atom stereocenters. The van der Waals surface area contributed by atoms with E-state index in [1.807, 2.05) is 0 Å². The Kier molecular flexibility index (Phi) is 4.41. The van der Waals surface area contributed by atoms with Gasteiger partial charge in [0, 0.05) is 18.0 Å². The van der Waals surface area contributed by atoms with Gasteiger partial charge in [-0.25, -0.2) is 0 Å². The summed E-state index contributed by atoms with van der Waals surface area (Å²) in [7, 11) is 0. The highest BCUT2D eigenvalue weighted by Crippen LogP contribution is 2.42. The monoisotopic (exact) mass is 284 g/mol. The van der Waals surface area contributed by atoms with Gasteiger partial charge in [0.15, 0.2) is 0 Å². The molecular formula is C11H16N4O3S. The van der Waals surface area contributed by atoms with Gasteiger partial charge in [-0.3, -0.25) is 14.9 Å². The van der Waals surface area contributed by atoms with Gasteiger partial charge in [0.2, 0.25) is 11.0 Å². The van der Waals surface area contributed by atoms with Crippen LogP contribution in [0.3, 0.4) is 0 Å². The lowest BCUT2D eigenvalue weighted by atomic mass is 9.69. The van der Waals surface area contributed by atoms with Crippen LogP contribution in [0.25, 0.3) is 0 Å². The van der Waals surface area contributed by atoms with Crippen molar-refractivity contribution in [2.24, 2.45) is 5.41 Å². The topological polar surface area (TPSA) is 105 Å². The van der Waals surface area contributed by atoms with Crippen LogP contribution in [0.4, 0.5) is 5.13 Å². The summed E-state index contributed by atoms with van der Waals surface area (Å²) < 4.78 is 3.56. The fourth-order valence-electron chi connectivity index (χ4n) is 2.72. The molecule has 1 aliphatic rings. The number of carboxylic acid groups (broad SMARTS) is 1. The van der Waals surface area contributed by atoms with Crippen molar-refractivity contribution < 1.29 is 14.7 Å². The molecule has 1 aliphatic carbocycles. The molecule has 2 rings (SSSR count). The van der Waals surface area contributed by atoms with Crippen LogP contribution in [0.15, 0.2) is 0 Å². The normalized spacial score (nSPS) is 17.9. The minimum Gasteiger partial charge on any atom is -0.481 e. The van der Waals surface area contributed by atoms with E-state index in [1.165, 1.54) is 0 Å². The maximum absolute atomic E-state index is 12.0. The third-order valence-electron chi connectivity index (χ3n) is 3.52. The average Bonchev–Trinajstić information content (AvgIpc) is 2.81. The third-order valence-corrected chi connectivity index (χ3v) is 4.03. The van der Waals surface area contributed by atoms with Crippen LogP contribution in [0.1, 0.15) is 44.9 Å². The van der Waals surface area contributed by atoms with E-state index in [2.05, 4.69) is 20.1 Å². The smallest absolute Gasteiger partial charge is 0.303 e. The van der Waals surface area contributed by atoms with Crippen molar-refractivity contribution in [1.82, 2.24) is 14.8 Å². The number of amides is 1. The Balaban J connectivity index is 1.98. The van der Waals surface area contributed by atoms with Gasteiger partial charge in [-0.1, -0.05) is 28.8 Å². The summed E-state index contributed by atoms with van der Waals surface area (Å²) in [5, 5.41) is 19.0. The Morgan fingerprint density at radius 1 is 1.26 bits per heavy atom. The molecule has 104 valence electrons. The standard InChI is InChI=1S/C11H16N4O3S/c16-8(12-10-13-14-15-19-10)6-11(7-9(17)18)4-2-1-3-5-11/h1-7H2,(H,17,18)(H,12,13,15,16). The number of rotatable bonds is 5. The fraction of sp³-hybridized carbons (Fsp3) is 0.727. The predicted octanol–water partition coefficient (Wildman–Crippen LogP) is 1.69. The Labute approximate surface area is 114 Å². The summed E-state index contributed by atoms with van der Waals surface area (Å²) in [4.78, 5) is 23.0. The highest BCUT2D eigenvalue weighted by molar-refractivity contribution is 7.09. The van der Waals surface area contributed by atoms with E-state index in [9.17, 15) is 9.59 Å². The molecule has 1 aromatic heterocycles. The van der Waals surface area contributed by atoms with E-state index in [0.717, 1.165) is 43.6 Å². The number of carbonyl (C=O) groups excluding carboxylic acids is 1. The molecule has 0 bridgehead atoms. The zero-order chi connectivity index (χ0) is 13.7. The molecule has 8 heteroatoms. The second-order valence-corrected chi connectivity index (χ2v) is 5.76. The number of carbonyl (C=O) groups is 2. The van der Waals surface area contributed by atoms with Gasteiger partial charge in [-0.2, -0.15) is 0 Å². The van der Waals surface area contributed by atoms with Gasteiger partial charge in [-0.05, 0) is 23.5 Å². The zero-order valence-electron chi connectivity index (χ0n) is 10.5. The van der Waals surface area contributed by atoms with Crippen molar-refractivity contribution in [1.29, 1.82) is 0 Å². The Bertz CT molecular complexity index is 443. The van der Waals surface area contributed by atoms with Gasteiger partial charge in [-0.15, -0.1) is 0 Å². The average molecular weight is 284 g/mol. The van der Waals surface area contributed by atoms with Crippen molar-refractivity contribution in [2.45, 2.75) is 44.9 Å². The Hall–Kier alpha value is -1.57. The van der Waals surface area contributed by atoms with Gasteiger partial charge in [0.05, 0.1) is 6.42 Å². The first-order valence-electron chi connectivity index (χ1n) is 6.26. The van der Waals surface area contributed by atoms with E-state index in [4.69, 9.17) is 5.11 Å². The number of hydrogen-bond donors (Lipinski definition) is 2. The summed E-state index contributed by atoms with van der Waals surface area (Å²) in [6.07, 6.45) is 4.95. The molecule has 19 heavy (non-hydrogen) atoms. The van der Waals surface area contributed by atoms with Crippen molar-refractivity contribution in [3.8, 4) is 0 Å². The number of anilines is 1. The lowest BCUT2D eigenvalue weighted by Gasteiger charge is -2.35. The molecule has 7 nitrogen and oxygen atoms in total. The van der Waals surface area contributed by atoms with Crippen LogP contribution >= 0.6 is 11.5 Å². The highest BCUT2D eigenvalue weighted by atomic mass is 32.1. The maximum atomic E-state index is 12.0. The third kappa shape index (κ3) is 3.95. The molecule has 0 radical (unpaired) electrons. The first kappa shape index (κ1) is 13.9. The molecule has 1 aromatic rings. The fourth-order valence-corrected chi connectivity index (χ4v) is 3.11. The first-order valence-corrected chi connectivity index (χ1v) is 7.04. The van der Waals surface area contributed by atoms with Crippen LogP contribution in [0.5, 0.6) is 0 Å². The highest BCUT2D eigenvalue weighted by Gasteiger charge is 2.36. The van der Waals surface area contributed by atoms with Crippen molar-refractivity contribution in [3.05, 3.63) is 0 Å². The number of carboxylic acids is 1. The van der Waals surface area contributed by atoms with Crippen molar-refractivity contribution >= 4 is 28.5 Å². The molecule has 1 amide bonds. The lowest BCUT2D eigenvalue weighted by Crippen LogP contribution is -2.32. The van der Waals surface area contributed by atoms with E-state index >= 15 is 0 Å². The van der Waals surface area contributed by atoms with Crippen LogP contribution in [-0.2, 0) is 9.59 Å². The molecule has 1 heterocycles. The molecule has 0 aliphatic heterocycles. The number of aliphatic carboxylic acids is 1. The SMILES string of the molecule is O=C(O)CC1(CC(=O)Nc2nnns2)CCCCC1. The molecule has 2 N–H and O–H groups in total. The molecule has 0 saturated heterocycles. The van der Waals surface area contributed by atoms with Gasteiger partial charge >= 0.3 is 5.97 Å². The number of nitrogens with one attached hydrogen (secondary N) is 1. The zero-order valence-corrected chi connectivity index (χ0v) is 11.3. The summed E-state index contributed by atoms with van der Waals surface area (Å²) in [6, 6.07) is 0. The minimum absolute atomic E-state index is 0.0504. The predicted molar refractivity (Wildman–Crippen MR) is 68.7 cm³/mol. The molecule has 0 unspecified atom stereocenters. The second-order valence-electron chi connectivity index (χ2n) is 5.02.